The number of hydrogen-bond acceptors (Lipinski definition) is 1. The lowest BCUT2D eigenvalue weighted by atomic mass is 9.85. The smallest absolute Gasteiger partial charge is 0.200 e. The lowest BCUT2D eigenvalue weighted by Crippen LogP contribution is -2.76. The van der Waals surface area contributed by atoms with Gasteiger partial charge in [-0.15, -0.1) is 0 Å². The van der Waals surface area contributed by atoms with Crippen LogP contribution >= 0.6 is 12.6 Å². The van der Waals surface area contributed by atoms with Gasteiger partial charge >= 0.3 is 59.5 Å². The molecule has 0 aromatic carbocycles. The van der Waals surface area contributed by atoms with Gasteiger partial charge in [-0.05, 0) is 18.6 Å². The van der Waals surface area contributed by atoms with Gasteiger partial charge in [0.05, 0.1) is 0 Å². The predicted molar refractivity (Wildman–Crippen MR) is 111 cm³/mol. The number of rotatable bonds is 19. The maximum absolute atomic E-state index is 13.9. The summed E-state index contributed by atoms with van der Waals surface area (Å²) in [6, 6.07) is 0. The number of alkyl halides is 21. The molecule has 0 rings (SSSR count). The van der Waals surface area contributed by atoms with E-state index in [-0.39, 0.29) is 12.8 Å². The summed E-state index contributed by atoms with van der Waals surface area (Å²) in [5, 5.41) is 0. The molecule has 0 aliphatic carbocycles. The first kappa shape index (κ1) is 41.9. The molecule has 0 aliphatic heterocycles. The first-order valence-corrected chi connectivity index (χ1v) is 12.5. The largest absolute Gasteiger partial charge is 0.460 e. The van der Waals surface area contributed by atoms with Gasteiger partial charge in [0.2, 0.25) is 0 Å². The van der Waals surface area contributed by atoms with Gasteiger partial charge in [-0.3, -0.25) is 0 Å². The van der Waals surface area contributed by atoms with Crippen LogP contribution in [0.3, 0.4) is 0 Å². The fraction of sp³-hybridized carbons (Fsp3) is 1.00. The Balaban J connectivity index is 6.08. The Morgan fingerprint density at radius 1 is 0.279 bits per heavy atom. The lowest BCUT2D eigenvalue weighted by Gasteiger charge is -2.44. The third-order valence-corrected chi connectivity index (χ3v) is 6.54. The maximum atomic E-state index is 13.9. The van der Waals surface area contributed by atoms with E-state index in [0.29, 0.717) is 18.6 Å². The Morgan fingerprint density at radius 2 is 0.512 bits per heavy atom. The van der Waals surface area contributed by atoms with Crippen molar-refractivity contribution in [1.29, 1.82) is 0 Å². The molecule has 0 spiro atoms. The Kier molecular flexibility index (Phi) is 13.0. The van der Waals surface area contributed by atoms with E-state index in [1.54, 1.807) is 0 Å². The van der Waals surface area contributed by atoms with Crippen molar-refractivity contribution in [3.63, 3.8) is 0 Å². The fourth-order valence-electron chi connectivity index (χ4n) is 3.44. The zero-order chi connectivity index (χ0) is 34.8. The van der Waals surface area contributed by atoms with Crippen LogP contribution in [0.25, 0.3) is 0 Å². The summed E-state index contributed by atoms with van der Waals surface area (Å²) >= 11 is 3.96. The van der Waals surface area contributed by atoms with Gasteiger partial charge in [0.1, 0.15) is 0 Å². The van der Waals surface area contributed by atoms with Gasteiger partial charge in [-0.1, -0.05) is 44.9 Å². The summed E-state index contributed by atoms with van der Waals surface area (Å²) in [5.41, 5.74) is 0. The Labute approximate surface area is 235 Å². The molecule has 0 bridgehead atoms. The highest BCUT2D eigenvalue weighted by Gasteiger charge is 2.97. The molecule has 0 saturated heterocycles. The van der Waals surface area contributed by atoms with Crippen molar-refractivity contribution in [3.8, 4) is 0 Å². The molecule has 0 aliphatic rings. The molecule has 0 amide bonds. The van der Waals surface area contributed by atoms with Gasteiger partial charge in [0, 0.05) is 6.42 Å². The van der Waals surface area contributed by atoms with E-state index in [9.17, 15) is 92.2 Å². The molecule has 0 radical (unpaired) electrons. The van der Waals surface area contributed by atoms with Crippen molar-refractivity contribution in [3.05, 3.63) is 0 Å². The van der Waals surface area contributed by atoms with Crippen molar-refractivity contribution in [2.45, 2.75) is 124 Å². The van der Waals surface area contributed by atoms with Crippen LogP contribution in [0.5, 0.6) is 0 Å². The lowest BCUT2D eigenvalue weighted by molar-refractivity contribution is -0.474. The number of unbranched alkanes of at least 4 members (excludes halogenated alkanes) is 8. The Hall–Kier alpha value is -1.12. The zero-order valence-corrected chi connectivity index (χ0v) is 22.1. The van der Waals surface area contributed by atoms with Crippen molar-refractivity contribution < 1.29 is 92.2 Å². The van der Waals surface area contributed by atoms with Crippen LogP contribution in [0.15, 0.2) is 0 Å². The first-order chi connectivity index (χ1) is 18.8. The van der Waals surface area contributed by atoms with Crippen LogP contribution in [-0.2, 0) is 0 Å². The average Bonchev–Trinajstić information content (AvgIpc) is 2.83. The van der Waals surface area contributed by atoms with Crippen LogP contribution in [0, 0.1) is 0 Å². The first-order valence-electron chi connectivity index (χ1n) is 11.9. The van der Waals surface area contributed by atoms with Gasteiger partial charge in [-0.25, -0.2) is 0 Å². The third-order valence-electron chi connectivity index (χ3n) is 6.22. The fourth-order valence-corrected chi connectivity index (χ4v) is 3.67. The molecule has 0 saturated carbocycles. The SMILES string of the molecule is FC(F)(F)C(F)(F)C(F)(F)C(F)(F)C(F)(F)C(F)(F)C(F)(F)C(F)(F)C(F)(F)C(F)(F)CCCCCCCCCCCS. The second kappa shape index (κ2) is 13.3. The van der Waals surface area contributed by atoms with E-state index in [4.69, 9.17) is 0 Å². The highest BCUT2D eigenvalue weighted by molar-refractivity contribution is 7.80. The van der Waals surface area contributed by atoms with E-state index in [0.717, 1.165) is 19.3 Å². The topological polar surface area (TPSA) is 0 Å². The average molecular weight is 706 g/mol. The highest BCUT2D eigenvalue weighted by Crippen LogP contribution is 2.66. The van der Waals surface area contributed by atoms with E-state index < -0.39 is 78.7 Å². The Bertz CT molecular complexity index is 877. The summed E-state index contributed by atoms with van der Waals surface area (Å²) in [6.45, 7) is 0. The molecule has 0 heterocycles. The minimum atomic E-state index is -9.14. The molecule has 0 N–H and O–H groups in total. The van der Waals surface area contributed by atoms with E-state index >= 15 is 0 Å². The van der Waals surface area contributed by atoms with Crippen molar-refractivity contribution in [2.24, 2.45) is 0 Å². The second-order valence-electron chi connectivity index (χ2n) is 9.45. The Morgan fingerprint density at radius 3 is 0.791 bits per heavy atom. The van der Waals surface area contributed by atoms with Crippen LogP contribution in [0.1, 0.15) is 64.2 Å². The third kappa shape index (κ3) is 7.16. The van der Waals surface area contributed by atoms with E-state index in [1.807, 2.05) is 0 Å². The van der Waals surface area contributed by atoms with Crippen LogP contribution < -0.4 is 0 Å². The summed E-state index contributed by atoms with van der Waals surface area (Å²) in [4.78, 5) is 0. The molecule has 0 nitrogen and oxygen atoms in total. The molecule has 260 valence electrons. The van der Waals surface area contributed by atoms with Gasteiger partial charge in [-0.2, -0.15) is 105 Å². The highest BCUT2D eigenvalue weighted by atomic mass is 32.1. The second-order valence-corrected chi connectivity index (χ2v) is 9.90. The minimum absolute atomic E-state index is 0.0308. The normalized spacial score (nSPS) is 15.8. The molecular formula is C21H23F21S. The predicted octanol–water partition coefficient (Wildman–Crippen LogP) is 11.1. The zero-order valence-electron chi connectivity index (χ0n) is 21.2. The van der Waals surface area contributed by atoms with Crippen molar-refractivity contribution in [1.82, 2.24) is 0 Å². The number of halogens is 21. The quantitative estimate of drug-likeness (QED) is 0.0772. The van der Waals surface area contributed by atoms with Gasteiger partial charge in [0.25, 0.3) is 0 Å². The molecule has 0 aromatic heterocycles. The monoisotopic (exact) mass is 706 g/mol. The molecule has 0 unspecified atom stereocenters. The molecule has 0 fully saturated rings. The molecule has 0 atom stereocenters. The summed E-state index contributed by atoms with van der Waals surface area (Å²) in [6.07, 6.45) is -8.54. The summed E-state index contributed by atoms with van der Waals surface area (Å²) in [7, 11) is 0. The van der Waals surface area contributed by atoms with Crippen LogP contribution in [-0.4, -0.2) is 65.2 Å². The van der Waals surface area contributed by atoms with Gasteiger partial charge < -0.3 is 0 Å². The van der Waals surface area contributed by atoms with Crippen molar-refractivity contribution >= 4 is 12.6 Å². The standard InChI is InChI=1S/C21H23F21S/c22-12(23,10-8-6-4-2-1-3-5-7-9-11-43)13(24,25)14(26,27)15(28,29)16(30,31)17(32,33)18(34,35)19(36,37)20(38,39)21(40,41)42/h43H,1-11H2. The molecule has 43 heavy (non-hydrogen) atoms. The summed E-state index contributed by atoms with van der Waals surface area (Å²) in [5.74, 6) is -75.7. The summed E-state index contributed by atoms with van der Waals surface area (Å²) < 4.78 is 281. The number of thiol groups is 1. The molecular weight excluding hydrogens is 683 g/mol. The van der Waals surface area contributed by atoms with Gasteiger partial charge in [0.15, 0.2) is 0 Å². The maximum Gasteiger partial charge on any atom is 0.460 e. The van der Waals surface area contributed by atoms with E-state index in [2.05, 4.69) is 12.6 Å². The van der Waals surface area contributed by atoms with E-state index in [1.165, 1.54) is 0 Å². The molecule has 22 heteroatoms. The van der Waals surface area contributed by atoms with Crippen LogP contribution in [0.2, 0.25) is 0 Å². The van der Waals surface area contributed by atoms with Crippen molar-refractivity contribution in [2.75, 3.05) is 5.75 Å². The minimum Gasteiger partial charge on any atom is -0.200 e. The van der Waals surface area contributed by atoms with Crippen LogP contribution in [0.4, 0.5) is 92.2 Å². The molecule has 0 aromatic rings. The number of hydrogen-bond donors (Lipinski definition) is 1.